The highest BCUT2D eigenvalue weighted by Gasteiger charge is 2.26. The van der Waals surface area contributed by atoms with E-state index in [1.54, 1.807) is 19.1 Å². The van der Waals surface area contributed by atoms with Gasteiger partial charge in [0.25, 0.3) is 5.69 Å². The summed E-state index contributed by atoms with van der Waals surface area (Å²) in [6, 6.07) is 7.08. The standard InChI is InChI=1S/C20H13Br2ClN2O7/c1-2-30-17(26)9-31-18-13(21)5-10(6-14(18)22)7-16-20(27)32-19(24-16)12-4-3-11(25(28)29)8-15(12)23/h3-8H,2,9H2,1H3/b16-7-. The van der Waals surface area contributed by atoms with Gasteiger partial charge in [-0.25, -0.2) is 14.6 Å². The van der Waals surface area contributed by atoms with E-state index in [1.165, 1.54) is 18.2 Å². The van der Waals surface area contributed by atoms with Gasteiger partial charge < -0.3 is 14.2 Å². The minimum Gasteiger partial charge on any atom is -0.480 e. The summed E-state index contributed by atoms with van der Waals surface area (Å²) in [7, 11) is 0. The summed E-state index contributed by atoms with van der Waals surface area (Å²) in [5.74, 6) is -0.882. The Morgan fingerprint density at radius 1 is 1.28 bits per heavy atom. The molecular weight excluding hydrogens is 575 g/mol. The molecule has 0 saturated heterocycles. The van der Waals surface area contributed by atoms with Crippen LogP contribution in [0.2, 0.25) is 5.02 Å². The van der Waals surface area contributed by atoms with Crippen LogP contribution in [-0.2, 0) is 19.1 Å². The molecule has 0 bridgehead atoms. The van der Waals surface area contributed by atoms with E-state index in [1.807, 2.05) is 0 Å². The average Bonchev–Trinajstić information content (AvgIpc) is 3.07. The van der Waals surface area contributed by atoms with Crippen molar-refractivity contribution in [3.05, 3.63) is 71.2 Å². The number of ether oxygens (including phenoxy) is 3. The van der Waals surface area contributed by atoms with Gasteiger partial charge in [0.1, 0.15) is 5.75 Å². The maximum Gasteiger partial charge on any atom is 0.363 e. The SMILES string of the molecule is CCOC(=O)COc1c(Br)cc(/C=C2\N=C(c3ccc([N+](=O)[O-])cc3Cl)OC2=O)cc1Br. The van der Waals surface area contributed by atoms with Crippen molar-refractivity contribution in [2.24, 2.45) is 4.99 Å². The van der Waals surface area contributed by atoms with Crippen LogP contribution in [0.25, 0.3) is 6.08 Å². The summed E-state index contributed by atoms with van der Waals surface area (Å²) < 4.78 is 16.5. The van der Waals surface area contributed by atoms with Gasteiger partial charge in [0.2, 0.25) is 5.90 Å². The number of hydrogen-bond acceptors (Lipinski definition) is 8. The van der Waals surface area contributed by atoms with Crippen molar-refractivity contribution >= 4 is 73.1 Å². The first kappa shape index (κ1) is 23.9. The van der Waals surface area contributed by atoms with E-state index in [-0.39, 0.29) is 41.1 Å². The second kappa shape index (κ2) is 10.2. The molecule has 166 valence electrons. The number of nitro groups is 1. The third-order valence-corrected chi connectivity index (χ3v) is 5.47. The first-order valence-corrected chi connectivity index (χ1v) is 10.9. The topological polar surface area (TPSA) is 117 Å². The van der Waals surface area contributed by atoms with Crippen molar-refractivity contribution < 1.29 is 28.7 Å². The van der Waals surface area contributed by atoms with Crippen molar-refractivity contribution in [2.75, 3.05) is 13.2 Å². The van der Waals surface area contributed by atoms with Crippen LogP contribution in [0.4, 0.5) is 5.69 Å². The Kier molecular flexibility index (Phi) is 7.64. The molecule has 1 heterocycles. The van der Waals surface area contributed by atoms with Crippen LogP contribution in [0.1, 0.15) is 18.1 Å². The summed E-state index contributed by atoms with van der Waals surface area (Å²) >= 11 is 12.8. The minimum absolute atomic E-state index is 0.00779. The highest BCUT2D eigenvalue weighted by molar-refractivity contribution is 9.11. The highest BCUT2D eigenvalue weighted by Crippen LogP contribution is 2.36. The predicted octanol–water partition coefficient (Wildman–Crippen LogP) is 5.06. The molecule has 0 aromatic heterocycles. The number of hydrogen-bond donors (Lipinski definition) is 0. The van der Waals surface area contributed by atoms with Gasteiger partial charge in [0.15, 0.2) is 12.3 Å². The Bertz CT molecular complexity index is 1160. The Balaban J connectivity index is 1.85. The molecule has 1 aliphatic heterocycles. The Morgan fingerprint density at radius 3 is 2.56 bits per heavy atom. The quantitative estimate of drug-likeness (QED) is 0.192. The number of benzene rings is 2. The highest BCUT2D eigenvalue weighted by atomic mass is 79.9. The fourth-order valence-corrected chi connectivity index (χ4v) is 4.31. The van der Waals surface area contributed by atoms with Gasteiger partial charge in [0, 0.05) is 12.1 Å². The van der Waals surface area contributed by atoms with E-state index >= 15 is 0 Å². The van der Waals surface area contributed by atoms with E-state index in [4.69, 9.17) is 25.8 Å². The lowest BCUT2D eigenvalue weighted by Crippen LogP contribution is -2.15. The van der Waals surface area contributed by atoms with E-state index in [2.05, 4.69) is 36.9 Å². The lowest BCUT2D eigenvalue weighted by atomic mass is 10.2. The third kappa shape index (κ3) is 5.53. The van der Waals surface area contributed by atoms with Gasteiger partial charge in [-0.1, -0.05) is 11.6 Å². The number of nitrogens with zero attached hydrogens (tertiary/aromatic N) is 2. The van der Waals surface area contributed by atoms with E-state index in [9.17, 15) is 19.7 Å². The minimum atomic E-state index is -0.704. The van der Waals surface area contributed by atoms with Crippen molar-refractivity contribution in [3.63, 3.8) is 0 Å². The number of rotatable bonds is 7. The number of halogens is 3. The average molecular weight is 589 g/mol. The molecule has 32 heavy (non-hydrogen) atoms. The molecule has 12 heteroatoms. The third-order valence-electron chi connectivity index (χ3n) is 3.98. The van der Waals surface area contributed by atoms with Gasteiger partial charge in [-0.2, -0.15) is 0 Å². The van der Waals surface area contributed by atoms with Gasteiger partial charge in [-0.3, -0.25) is 10.1 Å². The van der Waals surface area contributed by atoms with Crippen molar-refractivity contribution in [1.29, 1.82) is 0 Å². The van der Waals surface area contributed by atoms with Crippen LogP contribution in [0.3, 0.4) is 0 Å². The molecule has 2 aromatic rings. The molecule has 0 radical (unpaired) electrons. The Morgan fingerprint density at radius 2 is 1.97 bits per heavy atom. The maximum absolute atomic E-state index is 12.3. The maximum atomic E-state index is 12.3. The second-order valence-electron chi connectivity index (χ2n) is 6.16. The lowest BCUT2D eigenvalue weighted by Gasteiger charge is -2.10. The van der Waals surface area contributed by atoms with Crippen LogP contribution < -0.4 is 4.74 Å². The number of nitro benzene ring substituents is 1. The molecule has 0 atom stereocenters. The van der Waals surface area contributed by atoms with Crippen LogP contribution in [-0.4, -0.2) is 36.0 Å². The van der Waals surface area contributed by atoms with Crippen molar-refractivity contribution in [2.45, 2.75) is 6.92 Å². The van der Waals surface area contributed by atoms with E-state index in [0.29, 0.717) is 20.3 Å². The van der Waals surface area contributed by atoms with Crippen LogP contribution in [0, 0.1) is 10.1 Å². The molecule has 0 aliphatic carbocycles. The fourth-order valence-electron chi connectivity index (χ4n) is 2.61. The molecule has 1 aliphatic rings. The Labute approximate surface area is 203 Å². The zero-order valence-electron chi connectivity index (χ0n) is 16.3. The van der Waals surface area contributed by atoms with Gasteiger partial charge in [-0.05, 0) is 68.6 Å². The fraction of sp³-hybridized carbons (Fsp3) is 0.150. The normalized spacial score (nSPS) is 14.2. The molecular formula is C20H13Br2ClN2O7. The van der Waals surface area contributed by atoms with E-state index < -0.39 is 16.9 Å². The summed E-state index contributed by atoms with van der Waals surface area (Å²) in [6.45, 7) is 1.69. The van der Waals surface area contributed by atoms with Gasteiger partial charge in [-0.15, -0.1) is 0 Å². The number of carbonyl (C=O) groups is 2. The van der Waals surface area contributed by atoms with Crippen LogP contribution >= 0.6 is 43.5 Å². The molecule has 0 amide bonds. The molecule has 0 unspecified atom stereocenters. The Hall–Kier alpha value is -2.76. The number of esters is 2. The number of non-ortho nitro benzene ring substituents is 1. The zero-order valence-corrected chi connectivity index (χ0v) is 20.2. The summed E-state index contributed by atoms with van der Waals surface area (Å²) in [6.07, 6.45) is 1.49. The van der Waals surface area contributed by atoms with Crippen molar-refractivity contribution in [3.8, 4) is 5.75 Å². The lowest BCUT2D eigenvalue weighted by molar-refractivity contribution is -0.384. The largest absolute Gasteiger partial charge is 0.480 e. The molecule has 9 nitrogen and oxygen atoms in total. The summed E-state index contributed by atoms with van der Waals surface area (Å²) in [4.78, 5) is 38.2. The van der Waals surface area contributed by atoms with Crippen molar-refractivity contribution in [1.82, 2.24) is 0 Å². The number of cyclic esters (lactones) is 1. The number of carbonyl (C=O) groups excluding carboxylic acids is 2. The monoisotopic (exact) mass is 586 g/mol. The predicted molar refractivity (Wildman–Crippen MR) is 123 cm³/mol. The van der Waals surface area contributed by atoms with Crippen LogP contribution in [0.5, 0.6) is 5.75 Å². The number of aliphatic imine (C=N–C) groups is 1. The van der Waals surface area contributed by atoms with Gasteiger partial charge in [0.05, 0.1) is 31.1 Å². The van der Waals surface area contributed by atoms with Gasteiger partial charge >= 0.3 is 11.9 Å². The molecule has 3 rings (SSSR count). The molecule has 0 spiro atoms. The first-order valence-electron chi connectivity index (χ1n) is 8.94. The molecule has 0 saturated carbocycles. The zero-order chi connectivity index (χ0) is 23.4. The summed E-state index contributed by atoms with van der Waals surface area (Å²) in [5.41, 5.74) is 0.644. The summed E-state index contributed by atoms with van der Waals surface area (Å²) in [5, 5.41) is 10.9. The molecule has 2 aromatic carbocycles. The molecule has 0 fully saturated rings. The first-order chi connectivity index (χ1) is 15.2. The van der Waals surface area contributed by atoms with E-state index in [0.717, 1.165) is 6.07 Å². The molecule has 0 N–H and O–H groups in total. The smallest absolute Gasteiger partial charge is 0.363 e. The van der Waals surface area contributed by atoms with Crippen LogP contribution in [0.15, 0.2) is 50.0 Å². The second-order valence-corrected chi connectivity index (χ2v) is 8.28.